The third-order valence-electron chi connectivity index (χ3n) is 13.6. The van der Waals surface area contributed by atoms with Crippen LogP contribution in [0, 0.1) is 29.6 Å². The van der Waals surface area contributed by atoms with Gasteiger partial charge in [0.25, 0.3) is 11.7 Å². The van der Waals surface area contributed by atoms with Crippen molar-refractivity contribution in [3.05, 3.63) is 29.6 Å². The summed E-state index contributed by atoms with van der Waals surface area (Å²) < 4.78 is 31.9. The lowest BCUT2D eigenvalue weighted by atomic mass is 9.81. The summed E-state index contributed by atoms with van der Waals surface area (Å²) in [5.41, 5.74) is 1.68. The van der Waals surface area contributed by atoms with Crippen molar-refractivity contribution >= 4 is 23.4 Å². The third kappa shape index (κ3) is 10.8. The molecule has 1 aromatic heterocycles. The maximum Gasteiger partial charge on any atom is 0.329 e. The molecule has 16 nitrogen and oxygen atoms in total. The quantitative estimate of drug-likeness (QED) is 0.223. The minimum atomic E-state index is -2.50. The van der Waals surface area contributed by atoms with Gasteiger partial charge < -0.3 is 38.8 Å². The summed E-state index contributed by atoms with van der Waals surface area (Å²) in [5.74, 6) is -7.46. The highest BCUT2D eigenvalue weighted by atomic mass is 16.7. The maximum atomic E-state index is 14.4. The van der Waals surface area contributed by atoms with Crippen LogP contribution in [0.2, 0.25) is 0 Å². The van der Waals surface area contributed by atoms with E-state index in [1.165, 1.54) is 19.1 Å². The van der Waals surface area contributed by atoms with Gasteiger partial charge in [0.15, 0.2) is 0 Å². The Labute approximate surface area is 354 Å². The molecule has 1 aliphatic carbocycles. The predicted molar refractivity (Wildman–Crippen MR) is 219 cm³/mol. The number of fused-ring (bicyclic) bond motifs is 3. The van der Waals surface area contributed by atoms with Crippen LogP contribution in [0.15, 0.2) is 29.6 Å². The lowest BCUT2D eigenvalue weighted by Crippen LogP contribution is -2.64. The molecule has 60 heavy (non-hydrogen) atoms. The molecular formula is C44H69N5O11. The Morgan fingerprint density at radius 1 is 0.967 bits per heavy atom. The number of aliphatic hydroxyl groups excluding tert-OH is 1. The summed E-state index contributed by atoms with van der Waals surface area (Å²) in [6.07, 6.45) is 6.48. The van der Waals surface area contributed by atoms with E-state index in [2.05, 4.69) is 28.5 Å². The normalized spacial score (nSPS) is 39.6. The van der Waals surface area contributed by atoms with E-state index >= 15 is 0 Å². The van der Waals surface area contributed by atoms with E-state index in [9.17, 15) is 29.4 Å². The van der Waals surface area contributed by atoms with Gasteiger partial charge in [-0.2, -0.15) is 0 Å². The highest BCUT2D eigenvalue weighted by molar-refractivity contribution is 6.39. The van der Waals surface area contributed by atoms with Crippen molar-refractivity contribution in [2.75, 3.05) is 27.9 Å². The number of cyclic esters (lactones) is 1. The number of rotatable bonds is 7. The van der Waals surface area contributed by atoms with Gasteiger partial charge in [0.2, 0.25) is 5.79 Å². The molecule has 16 heteroatoms. The molecule has 336 valence electrons. The number of aliphatic hydroxyl groups is 2. The fraction of sp³-hybridized carbons (Fsp3) is 0.795. The molecule has 2 bridgehead atoms. The fourth-order valence-corrected chi connectivity index (χ4v) is 10.0. The number of amides is 1. The summed E-state index contributed by atoms with van der Waals surface area (Å²) in [7, 11) is 4.73. The lowest BCUT2D eigenvalue weighted by molar-refractivity contribution is -0.302. The molecule has 0 radical (unpaired) electrons. The minimum absolute atomic E-state index is 0.0281. The number of hydrogen-bond acceptors (Lipinski definition) is 14. The zero-order valence-corrected chi connectivity index (χ0v) is 37.0. The summed E-state index contributed by atoms with van der Waals surface area (Å²) in [6.45, 7) is 11.3. The molecule has 5 rings (SSSR count). The van der Waals surface area contributed by atoms with E-state index < -0.39 is 77.8 Å². The Balaban J connectivity index is 1.51. The first-order valence-electron chi connectivity index (χ1n) is 21.9. The number of Topliss-reactive ketones (excluding diaryl/α,β-unsaturated/α-hetero) is 2. The Morgan fingerprint density at radius 2 is 1.67 bits per heavy atom. The maximum absolute atomic E-state index is 14.4. The van der Waals surface area contributed by atoms with E-state index in [0.29, 0.717) is 44.1 Å². The summed E-state index contributed by atoms with van der Waals surface area (Å²) in [4.78, 5) is 58.1. The van der Waals surface area contributed by atoms with E-state index in [0.717, 1.165) is 18.4 Å². The first-order chi connectivity index (χ1) is 28.6. The molecule has 3 fully saturated rings. The van der Waals surface area contributed by atoms with Gasteiger partial charge in [-0.05, 0) is 106 Å². The van der Waals surface area contributed by atoms with Crippen LogP contribution in [-0.2, 0) is 42.9 Å². The molecule has 4 aliphatic rings. The second-order valence-corrected chi connectivity index (χ2v) is 17.9. The average Bonchev–Trinajstić information content (AvgIpc) is 3.78. The number of allylic oxidation sites excluding steroid dienone is 3. The van der Waals surface area contributed by atoms with E-state index in [4.69, 9.17) is 23.7 Å². The van der Waals surface area contributed by atoms with Crippen LogP contribution in [0.1, 0.15) is 118 Å². The number of aromatic nitrogens is 4. The first-order valence-corrected chi connectivity index (χ1v) is 21.9. The molecule has 2 saturated heterocycles. The van der Waals surface area contributed by atoms with Crippen molar-refractivity contribution in [2.24, 2.45) is 29.6 Å². The number of hydrogen-bond donors (Lipinski definition) is 2. The smallest absolute Gasteiger partial charge is 0.329 e. The molecule has 2 N–H and O–H groups in total. The molecule has 1 saturated carbocycles. The van der Waals surface area contributed by atoms with Crippen LogP contribution in [0.4, 0.5) is 0 Å². The van der Waals surface area contributed by atoms with Crippen LogP contribution in [0.25, 0.3) is 0 Å². The van der Waals surface area contributed by atoms with Gasteiger partial charge >= 0.3 is 5.97 Å². The highest BCUT2D eigenvalue weighted by Gasteiger charge is 2.56. The van der Waals surface area contributed by atoms with Crippen molar-refractivity contribution in [1.82, 2.24) is 25.1 Å². The number of carbonyl (C=O) groups is 4. The Kier molecular flexibility index (Phi) is 16.8. The monoisotopic (exact) mass is 843 g/mol. The van der Waals surface area contributed by atoms with E-state index in [1.807, 2.05) is 26.8 Å². The second-order valence-electron chi connectivity index (χ2n) is 17.9. The number of tetrazole rings is 1. The molecule has 3 aliphatic heterocycles. The van der Waals surface area contributed by atoms with E-state index in [-0.39, 0.29) is 55.6 Å². The van der Waals surface area contributed by atoms with Crippen molar-refractivity contribution in [3.8, 4) is 0 Å². The van der Waals surface area contributed by atoms with Gasteiger partial charge in [0.05, 0.1) is 30.5 Å². The number of carbonyl (C=O) groups excluding carboxylic acids is 4. The molecule has 14 atom stereocenters. The zero-order chi connectivity index (χ0) is 43.9. The number of ketones is 2. The van der Waals surface area contributed by atoms with Gasteiger partial charge in [-0.1, -0.05) is 45.4 Å². The SMILES string of the molecule is CC[C@@H]1/C=C(\C)C[C@H](C)C[C@H](OC)[C@H]2O[C@@](O)(C(=O)C(=O)N3CCCC[C@H]3C(=O)O[C@H](/C(C)=C\[C@@H]3CC[C@H](n4cnnn4)[C@H](OC)C3)[C@H](C)[C@@H](O)CC1=O)[C@H](C)C[C@@H]2OC. The van der Waals surface area contributed by atoms with Crippen LogP contribution in [-0.4, -0.2) is 135 Å². The van der Waals surface area contributed by atoms with E-state index in [1.54, 1.807) is 32.0 Å². The minimum Gasteiger partial charge on any atom is -0.456 e. The second kappa shape index (κ2) is 21.1. The molecule has 1 amide bonds. The first kappa shape index (κ1) is 47.6. The Bertz CT molecular complexity index is 1690. The molecule has 1 aromatic rings. The predicted octanol–water partition coefficient (Wildman–Crippen LogP) is 4.34. The van der Waals surface area contributed by atoms with Gasteiger partial charge in [0.1, 0.15) is 30.4 Å². The summed E-state index contributed by atoms with van der Waals surface area (Å²) in [6, 6.07) is -1.18. The van der Waals surface area contributed by atoms with Gasteiger partial charge in [-0.3, -0.25) is 14.4 Å². The van der Waals surface area contributed by atoms with Crippen LogP contribution in [0.3, 0.4) is 0 Å². The highest BCUT2D eigenvalue weighted by Crippen LogP contribution is 2.40. The number of esters is 1. The Morgan fingerprint density at radius 3 is 2.32 bits per heavy atom. The van der Waals surface area contributed by atoms with Gasteiger partial charge in [-0.15, -0.1) is 5.10 Å². The summed E-state index contributed by atoms with van der Waals surface area (Å²) >= 11 is 0. The largest absolute Gasteiger partial charge is 0.456 e. The number of piperidine rings is 1. The number of methoxy groups -OCH3 is 3. The third-order valence-corrected chi connectivity index (χ3v) is 13.6. The van der Waals surface area contributed by atoms with Crippen molar-refractivity contribution in [1.29, 1.82) is 0 Å². The zero-order valence-electron chi connectivity index (χ0n) is 37.0. The molecular weight excluding hydrogens is 775 g/mol. The molecule has 4 heterocycles. The number of ether oxygens (including phenoxy) is 5. The average molecular weight is 844 g/mol. The molecule has 0 spiro atoms. The van der Waals surface area contributed by atoms with Gasteiger partial charge in [0, 0.05) is 52.0 Å². The lowest BCUT2D eigenvalue weighted by Gasteiger charge is -2.47. The Hall–Kier alpha value is -3.41. The van der Waals surface area contributed by atoms with Crippen molar-refractivity contribution < 1.29 is 53.1 Å². The standard InChI is InChI=1S/C44H69N5O11/c1-10-31-18-25(2)17-26(3)19-37(57-8)40-38(58-9)21-28(5)44(55,60-40)41(52)42(53)48-16-12-11-13-33(48)43(54)59-39(29(6)34(50)23-35(31)51)27(4)20-30-14-15-32(36(22-30)56-7)49-24-45-46-47-49/h18,20,24,26,28-34,36-40,50,55H,10-17,19,21-23H2,1-9H3/b25-18+,27-20-/t26-,28+,29+,30-,31+,32-,33-,34-,36+,37-,38-,39+,40+,44+/m0/s1. The van der Waals surface area contributed by atoms with Crippen LogP contribution < -0.4 is 0 Å². The fourth-order valence-electron chi connectivity index (χ4n) is 10.0. The molecule has 0 aromatic carbocycles. The van der Waals surface area contributed by atoms with Gasteiger partial charge in [-0.25, -0.2) is 9.48 Å². The molecule has 0 unspecified atom stereocenters. The topological polar surface area (TPSA) is 202 Å². The number of nitrogens with zero attached hydrogens (tertiary/aromatic N) is 5. The van der Waals surface area contributed by atoms with Crippen LogP contribution in [0.5, 0.6) is 0 Å². The summed E-state index contributed by atoms with van der Waals surface area (Å²) in [5, 5.41) is 35.5. The van der Waals surface area contributed by atoms with Crippen molar-refractivity contribution in [3.63, 3.8) is 0 Å². The van der Waals surface area contributed by atoms with Crippen molar-refractivity contribution in [2.45, 2.75) is 167 Å². The van der Waals surface area contributed by atoms with Crippen LogP contribution >= 0.6 is 0 Å².